The Labute approximate surface area is 72.2 Å². The molecule has 1 saturated heterocycles. The van der Waals surface area contributed by atoms with Crippen LogP contribution in [0.25, 0.3) is 0 Å². The third kappa shape index (κ3) is 2.40. The molecule has 0 amide bonds. The molecule has 0 saturated carbocycles. The zero-order chi connectivity index (χ0) is 7.61. The quantitative estimate of drug-likeness (QED) is 0.497. The molecule has 1 heteroatoms. The van der Waals surface area contributed by atoms with E-state index in [1.54, 1.807) is 13.3 Å². The van der Waals surface area contributed by atoms with E-state index in [1.807, 2.05) is 0 Å². The van der Waals surface area contributed by atoms with E-state index in [9.17, 15) is 0 Å². The molecule has 0 bridgehead atoms. The summed E-state index contributed by atoms with van der Waals surface area (Å²) in [6.07, 6.45) is 3.04. The minimum atomic E-state index is -0.346. The van der Waals surface area contributed by atoms with Gasteiger partial charge in [0, 0.05) is 0 Å². The van der Waals surface area contributed by atoms with Crippen molar-refractivity contribution in [1.82, 2.24) is 0 Å². The van der Waals surface area contributed by atoms with Crippen LogP contribution in [-0.4, -0.2) is 13.3 Å². The van der Waals surface area contributed by atoms with Gasteiger partial charge in [0.1, 0.15) is 0 Å². The van der Waals surface area contributed by atoms with Crippen LogP contribution in [0.2, 0.25) is 0 Å². The molecule has 1 heterocycles. The van der Waals surface area contributed by atoms with E-state index in [0.29, 0.717) is 5.41 Å². The van der Waals surface area contributed by atoms with E-state index in [0.717, 1.165) is 0 Å². The fourth-order valence-electron chi connectivity index (χ4n) is 1.27. The molecule has 0 aromatic rings. The van der Waals surface area contributed by atoms with Gasteiger partial charge < -0.3 is 0 Å². The number of rotatable bonds is 1. The molecule has 1 fully saturated rings. The van der Waals surface area contributed by atoms with Gasteiger partial charge in [0.05, 0.1) is 0 Å². The third-order valence-corrected chi connectivity index (χ3v) is 8.74. The van der Waals surface area contributed by atoms with Crippen molar-refractivity contribution in [3.63, 3.8) is 0 Å². The topological polar surface area (TPSA) is 0 Å². The molecule has 0 radical (unpaired) electrons. The molecule has 62 valence electrons. The molecule has 0 aromatic heterocycles. The number of alkyl halides is 3. The molecule has 0 N–H and O–H groups in total. The first kappa shape index (κ1) is 8.82. The van der Waals surface area contributed by atoms with E-state index in [-0.39, 0.29) is 19.8 Å². The minimum absolute atomic E-state index is 0.346. The zero-order valence-electron chi connectivity index (χ0n) is 7.41. The SMILES string of the molecule is CCI1CCC(C)(C)CC1. The third-order valence-electron chi connectivity index (χ3n) is 2.46. The first-order valence-electron chi connectivity index (χ1n) is 4.22. The van der Waals surface area contributed by atoms with Crippen molar-refractivity contribution < 1.29 is 0 Å². The van der Waals surface area contributed by atoms with Crippen LogP contribution in [-0.2, 0) is 0 Å². The Balaban J connectivity index is 2.31. The summed E-state index contributed by atoms with van der Waals surface area (Å²) in [4.78, 5) is 0. The van der Waals surface area contributed by atoms with E-state index in [4.69, 9.17) is 0 Å². The molecule has 0 nitrogen and oxygen atoms in total. The molecule has 0 spiro atoms. The van der Waals surface area contributed by atoms with Crippen LogP contribution in [0.3, 0.4) is 0 Å². The van der Waals surface area contributed by atoms with Gasteiger partial charge in [-0.05, 0) is 0 Å². The van der Waals surface area contributed by atoms with Crippen LogP contribution in [0, 0.1) is 5.41 Å². The molecule has 0 aliphatic carbocycles. The van der Waals surface area contributed by atoms with Gasteiger partial charge in [0.25, 0.3) is 0 Å². The fraction of sp³-hybridized carbons (Fsp3) is 1.00. The van der Waals surface area contributed by atoms with Crippen molar-refractivity contribution in [2.75, 3.05) is 13.3 Å². The molecule has 10 heavy (non-hydrogen) atoms. The normalized spacial score (nSPS) is 28.5. The molecular formula is C9H19I. The van der Waals surface area contributed by atoms with Crippen LogP contribution >= 0.6 is 19.8 Å². The summed E-state index contributed by atoms with van der Waals surface area (Å²) >= 11 is -0.346. The van der Waals surface area contributed by atoms with Crippen molar-refractivity contribution in [1.29, 1.82) is 0 Å². The Morgan fingerprint density at radius 3 is 2.10 bits per heavy atom. The predicted octanol–water partition coefficient (Wildman–Crippen LogP) is 3.33. The average Bonchev–Trinajstić information content (AvgIpc) is 1.88. The first-order chi connectivity index (χ1) is 4.64. The second kappa shape index (κ2) is 3.42. The van der Waals surface area contributed by atoms with Gasteiger partial charge in [-0.3, -0.25) is 0 Å². The fourth-order valence-corrected chi connectivity index (χ4v) is 7.78. The Morgan fingerprint density at radius 1 is 1.20 bits per heavy atom. The van der Waals surface area contributed by atoms with Crippen molar-refractivity contribution in [2.45, 2.75) is 33.6 Å². The molecule has 0 atom stereocenters. The standard InChI is InChI=1S/C9H19I/c1-4-10-7-5-9(2,3)6-8-10/h4-8H2,1-3H3. The summed E-state index contributed by atoms with van der Waals surface area (Å²) in [5, 5.41) is 0. The van der Waals surface area contributed by atoms with Gasteiger partial charge in [0.15, 0.2) is 0 Å². The van der Waals surface area contributed by atoms with E-state index < -0.39 is 0 Å². The Kier molecular flexibility index (Phi) is 3.02. The van der Waals surface area contributed by atoms with E-state index in [1.165, 1.54) is 12.8 Å². The molecule has 0 aromatic carbocycles. The van der Waals surface area contributed by atoms with Crippen molar-refractivity contribution in [2.24, 2.45) is 5.41 Å². The second-order valence-corrected chi connectivity index (χ2v) is 10.8. The predicted molar refractivity (Wildman–Crippen MR) is 57.3 cm³/mol. The van der Waals surface area contributed by atoms with Crippen molar-refractivity contribution in [3.05, 3.63) is 0 Å². The maximum atomic E-state index is 2.43. The summed E-state index contributed by atoms with van der Waals surface area (Å²) in [7, 11) is 0. The summed E-state index contributed by atoms with van der Waals surface area (Å²) < 4.78 is 4.82. The summed E-state index contributed by atoms with van der Waals surface area (Å²) in [6, 6.07) is 0. The maximum absolute atomic E-state index is 2.43. The average molecular weight is 254 g/mol. The molecule has 1 aliphatic rings. The number of hydrogen-bond donors (Lipinski definition) is 0. The second-order valence-electron chi connectivity index (χ2n) is 3.88. The Morgan fingerprint density at radius 2 is 1.70 bits per heavy atom. The first-order valence-corrected chi connectivity index (χ1v) is 8.79. The number of halogens is 1. The van der Waals surface area contributed by atoms with Gasteiger partial charge in [0.2, 0.25) is 0 Å². The van der Waals surface area contributed by atoms with Crippen LogP contribution in [0.1, 0.15) is 33.6 Å². The van der Waals surface area contributed by atoms with Gasteiger partial charge in [-0.25, -0.2) is 0 Å². The Hall–Kier alpha value is 0.730. The van der Waals surface area contributed by atoms with Crippen LogP contribution in [0.15, 0.2) is 0 Å². The molecule has 1 rings (SSSR count). The van der Waals surface area contributed by atoms with Crippen LogP contribution in [0.4, 0.5) is 0 Å². The molecular weight excluding hydrogens is 235 g/mol. The van der Waals surface area contributed by atoms with Crippen molar-refractivity contribution >= 4 is 19.8 Å². The summed E-state index contributed by atoms with van der Waals surface area (Å²) in [6.45, 7) is 7.25. The Bertz CT molecular complexity index is 97.3. The van der Waals surface area contributed by atoms with Crippen LogP contribution in [0.5, 0.6) is 0 Å². The monoisotopic (exact) mass is 254 g/mol. The van der Waals surface area contributed by atoms with Gasteiger partial charge >= 0.3 is 72.1 Å². The number of hydrogen-bond acceptors (Lipinski definition) is 0. The van der Waals surface area contributed by atoms with Crippen LogP contribution < -0.4 is 0 Å². The molecule has 0 unspecified atom stereocenters. The summed E-state index contributed by atoms with van der Waals surface area (Å²) in [5.74, 6) is 0. The van der Waals surface area contributed by atoms with Crippen molar-refractivity contribution in [3.8, 4) is 0 Å². The van der Waals surface area contributed by atoms with E-state index in [2.05, 4.69) is 20.8 Å². The van der Waals surface area contributed by atoms with Gasteiger partial charge in [-0.2, -0.15) is 0 Å². The zero-order valence-corrected chi connectivity index (χ0v) is 9.57. The van der Waals surface area contributed by atoms with Gasteiger partial charge in [-0.15, -0.1) is 0 Å². The summed E-state index contributed by atoms with van der Waals surface area (Å²) in [5.41, 5.74) is 0.698. The van der Waals surface area contributed by atoms with E-state index >= 15 is 0 Å². The van der Waals surface area contributed by atoms with Gasteiger partial charge in [-0.1, -0.05) is 0 Å². The molecule has 1 aliphatic heterocycles.